The predicted octanol–water partition coefficient (Wildman–Crippen LogP) is 0.405. The van der Waals surface area contributed by atoms with Crippen LogP contribution in [0.5, 0.6) is 0 Å². The minimum absolute atomic E-state index is 0.00303. The number of fused-ring (bicyclic) bond motifs is 1. The lowest BCUT2D eigenvalue weighted by molar-refractivity contribution is 0.512. The topological polar surface area (TPSA) is 128 Å². The molecule has 0 aromatic carbocycles. The van der Waals surface area contributed by atoms with Gasteiger partial charge in [-0.15, -0.1) is 0 Å². The van der Waals surface area contributed by atoms with Crippen LogP contribution in [0.25, 0.3) is 11.2 Å². The number of nitriles is 1. The lowest BCUT2D eigenvalue weighted by atomic mass is 10.1. The summed E-state index contributed by atoms with van der Waals surface area (Å²) in [5.41, 5.74) is 6.38. The minimum Gasteiger partial charge on any atom is -0.343 e. The Morgan fingerprint density at radius 2 is 1.97 bits per heavy atom. The van der Waals surface area contributed by atoms with Gasteiger partial charge in [0, 0.05) is 38.9 Å². The summed E-state index contributed by atoms with van der Waals surface area (Å²) in [6.45, 7) is 6.77. The maximum Gasteiger partial charge on any atom is 0.332 e. The lowest BCUT2D eigenvalue weighted by Crippen LogP contribution is -2.44. The molecule has 158 valence electrons. The molecule has 3 aromatic rings. The molecule has 0 amide bonds. The molecule has 10 nitrogen and oxygen atoms in total. The zero-order valence-electron chi connectivity index (χ0n) is 17.9. The van der Waals surface area contributed by atoms with Crippen LogP contribution in [0.15, 0.2) is 27.9 Å². The summed E-state index contributed by atoms with van der Waals surface area (Å²) in [6.07, 6.45) is 1.42. The Hall–Kier alpha value is -3.45. The molecule has 0 saturated carbocycles. The molecule has 0 spiro atoms. The van der Waals surface area contributed by atoms with Gasteiger partial charge in [-0.3, -0.25) is 18.9 Å². The van der Waals surface area contributed by atoms with Crippen LogP contribution in [0, 0.1) is 11.3 Å². The Labute approximate surface area is 173 Å². The summed E-state index contributed by atoms with van der Waals surface area (Å²) in [5.74, 6) is 0.576. The lowest BCUT2D eigenvalue weighted by Gasteiger charge is -2.27. The van der Waals surface area contributed by atoms with Crippen LogP contribution in [0.3, 0.4) is 0 Å². The number of anilines is 1. The number of aromatic nitrogens is 5. The van der Waals surface area contributed by atoms with Crippen molar-refractivity contribution >= 4 is 17.1 Å². The van der Waals surface area contributed by atoms with Crippen molar-refractivity contribution in [2.45, 2.75) is 39.4 Å². The maximum absolute atomic E-state index is 13.3. The molecular weight excluding hydrogens is 384 g/mol. The Bertz CT molecular complexity index is 1240. The summed E-state index contributed by atoms with van der Waals surface area (Å²) in [4.78, 5) is 36.9. The number of aryl methyl sites for hydroxylation is 2. The van der Waals surface area contributed by atoms with Crippen molar-refractivity contribution in [2.75, 3.05) is 18.5 Å². The first-order valence-electron chi connectivity index (χ1n) is 9.62. The van der Waals surface area contributed by atoms with E-state index in [9.17, 15) is 9.59 Å². The fraction of sp³-hybridized carbons (Fsp3) is 0.450. The summed E-state index contributed by atoms with van der Waals surface area (Å²) >= 11 is 0. The molecule has 2 N–H and O–H groups in total. The monoisotopic (exact) mass is 410 g/mol. The smallest absolute Gasteiger partial charge is 0.332 e. The second-order valence-corrected chi connectivity index (χ2v) is 8.06. The Balaban J connectivity index is 2.18. The number of hydrogen-bond donors (Lipinski definition) is 1. The summed E-state index contributed by atoms with van der Waals surface area (Å²) in [5, 5.41) is 8.92. The largest absolute Gasteiger partial charge is 0.343 e. The number of imidazole rings is 1. The predicted molar refractivity (Wildman–Crippen MR) is 114 cm³/mol. The maximum atomic E-state index is 13.3. The van der Waals surface area contributed by atoms with Gasteiger partial charge in [0.1, 0.15) is 6.07 Å². The number of nitrogens with zero attached hydrogens (tertiary/aromatic N) is 7. The molecule has 30 heavy (non-hydrogen) atoms. The van der Waals surface area contributed by atoms with E-state index >= 15 is 0 Å². The third kappa shape index (κ3) is 3.84. The van der Waals surface area contributed by atoms with Crippen molar-refractivity contribution in [3.05, 3.63) is 50.4 Å². The SMILES string of the molecule is CCn1c(N(C)CC(C)(C)N)nc2c1c(=O)n(Cc1ccc(C#N)cn1)c(=O)n2C. The average Bonchev–Trinajstić information content (AvgIpc) is 3.09. The summed E-state index contributed by atoms with van der Waals surface area (Å²) in [6, 6.07) is 5.24. The van der Waals surface area contributed by atoms with Gasteiger partial charge in [-0.2, -0.15) is 10.2 Å². The highest BCUT2D eigenvalue weighted by molar-refractivity contribution is 5.74. The number of nitrogens with two attached hydrogens (primary N) is 1. The average molecular weight is 410 g/mol. The quantitative estimate of drug-likeness (QED) is 0.623. The van der Waals surface area contributed by atoms with Gasteiger partial charge in [0.15, 0.2) is 11.2 Å². The summed E-state index contributed by atoms with van der Waals surface area (Å²) < 4.78 is 4.31. The fourth-order valence-electron chi connectivity index (χ4n) is 3.52. The van der Waals surface area contributed by atoms with Crippen LogP contribution in [0.2, 0.25) is 0 Å². The van der Waals surface area contributed by atoms with E-state index in [0.29, 0.717) is 41.5 Å². The van der Waals surface area contributed by atoms with Crippen LogP contribution in [0.1, 0.15) is 32.0 Å². The highest BCUT2D eigenvalue weighted by Crippen LogP contribution is 2.19. The normalized spacial score (nSPS) is 11.6. The molecule has 3 aromatic heterocycles. The van der Waals surface area contributed by atoms with E-state index in [-0.39, 0.29) is 6.54 Å². The van der Waals surface area contributed by atoms with E-state index in [2.05, 4.69) is 9.97 Å². The van der Waals surface area contributed by atoms with Crippen molar-refractivity contribution in [3.8, 4) is 6.07 Å². The molecule has 0 aliphatic carbocycles. The van der Waals surface area contributed by atoms with E-state index < -0.39 is 16.8 Å². The van der Waals surface area contributed by atoms with Crippen molar-refractivity contribution in [2.24, 2.45) is 12.8 Å². The molecule has 0 unspecified atom stereocenters. The second kappa shape index (κ2) is 7.76. The second-order valence-electron chi connectivity index (χ2n) is 8.06. The number of rotatable bonds is 6. The van der Waals surface area contributed by atoms with Gasteiger partial charge in [0.05, 0.1) is 17.8 Å². The molecule has 3 heterocycles. The molecule has 3 rings (SSSR count). The van der Waals surface area contributed by atoms with E-state index in [1.807, 2.05) is 38.8 Å². The third-order valence-corrected chi connectivity index (χ3v) is 4.79. The van der Waals surface area contributed by atoms with Crippen LogP contribution >= 0.6 is 0 Å². The summed E-state index contributed by atoms with van der Waals surface area (Å²) in [7, 11) is 3.45. The standard InChI is InChI=1S/C20H26N8O2/c1-6-27-15-16(24-18(27)25(4)12-20(2,3)22)26(5)19(30)28(17(15)29)11-14-8-7-13(9-21)10-23-14/h7-8,10H,6,11-12,22H2,1-5H3. The molecule has 0 atom stereocenters. The van der Waals surface area contributed by atoms with Gasteiger partial charge in [-0.25, -0.2) is 4.79 Å². The van der Waals surface area contributed by atoms with Gasteiger partial charge >= 0.3 is 5.69 Å². The molecule has 0 saturated heterocycles. The van der Waals surface area contributed by atoms with Gasteiger partial charge in [0.25, 0.3) is 5.56 Å². The zero-order chi connectivity index (χ0) is 22.2. The van der Waals surface area contributed by atoms with Gasteiger partial charge in [-0.05, 0) is 32.9 Å². The van der Waals surface area contributed by atoms with Crippen molar-refractivity contribution in [1.82, 2.24) is 23.7 Å². The van der Waals surface area contributed by atoms with Gasteiger partial charge in [0.2, 0.25) is 5.95 Å². The van der Waals surface area contributed by atoms with E-state index in [1.54, 1.807) is 23.7 Å². The van der Waals surface area contributed by atoms with Gasteiger partial charge < -0.3 is 15.2 Å². The highest BCUT2D eigenvalue weighted by Gasteiger charge is 2.24. The van der Waals surface area contributed by atoms with Crippen LogP contribution in [-0.2, 0) is 20.1 Å². The number of hydrogen-bond acceptors (Lipinski definition) is 7. The molecule has 0 aliphatic rings. The number of pyridine rings is 1. The third-order valence-electron chi connectivity index (χ3n) is 4.79. The molecule has 10 heteroatoms. The zero-order valence-corrected chi connectivity index (χ0v) is 17.9. The minimum atomic E-state index is -0.479. The Kier molecular flexibility index (Phi) is 5.50. The van der Waals surface area contributed by atoms with Crippen molar-refractivity contribution in [1.29, 1.82) is 5.26 Å². The molecule has 0 radical (unpaired) electrons. The first kappa shape index (κ1) is 21.3. The Morgan fingerprint density at radius 1 is 1.27 bits per heavy atom. The van der Waals surface area contributed by atoms with Crippen molar-refractivity contribution in [3.63, 3.8) is 0 Å². The molecular formula is C20H26N8O2. The first-order valence-corrected chi connectivity index (χ1v) is 9.62. The molecule has 0 fully saturated rings. The van der Waals surface area contributed by atoms with Crippen LogP contribution in [-0.4, -0.2) is 42.8 Å². The van der Waals surface area contributed by atoms with Gasteiger partial charge in [-0.1, -0.05) is 0 Å². The first-order chi connectivity index (χ1) is 14.1. The highest BCUT2D eigenvalue weighted by atomic mass is 16.2. The van der Waals surface area contributed by atoms with Crippen LogP contribution in [0.4, 0.5) is 5.95 Å². The van der Waals surface area contributed by atoms with E-state index in [0.717, 1.165) is 4.57 Å². The number of likely N-dealkylation sites (N-methyl/N-ethyl adjacent to an activating group) is 1. The van der Waals surface area contributed by atoms with Crippen LogP contribution < -0.4 is 21.9 Å². The Morgan fingerprint density at radius 3 is 2.50 bits per heavy atom. The molecule has 0 aliphatic heterocycles. The molecule has 0 bridgehead atoms. The van der Waals surface area contributed by atoms with Crippen molar-refractivity contribution < 1.29 is 0 Å². The van der Waals surface area contributed by atoms with E-state index in [1.165, 1.54) is 10.8 Å². The fourth-order valence-corrected chi connectivity index (χ4v) is 3.52. The van der Waals surface area contributed by atoms with E-state index in [4.69, 9.17) is 11.0 Å².